The Hall–Kier alpha value is -1.73. The van der Waals surface area contributed by atoms with Crippen molar-refractivity contribution >= 4 is 17.2 Å². The molecule has 1 aliphatic carbocycles. The first-order valence-electron chi connectivity index (χ1n) is 7.68. The van der Waals surface area contributed by atoms with E-state index < -0.39 is 0 Å². The zero-order chi connectivity index (χ0) is 14.9. The van der Waals surface area contributed by atoms with E-state index >= 15 is 0 Å². The molecular weight excluding hydrogens is 300 g/mol. The summed E-state index contributed by atoms with van der Waals surface area (Å²) in [4.78, 5) is 18.6. The van der Waals surface area contributed by atoms with Gasteiger partial charge in [-0.05, 0) is 24.3 Å². The first kappa shape index (κ1) is 13.9. The second-order valence-corrected chi connectivity index (χ2v) is 6.74. The Labute approximate surface area is 132 Å². The van der Waals surface area contributed by atoms with Crippen LogP contribution in [0.4, 0.5) is 0 Å². The van der Waals surface area contributed by atoms with E-state index in [1.807, 2.05) is 16.8 Å². The Morgan fingerprint density at radius 2 is 2.32 bits per heavy atom. The van der Waals surface area contributed by atoms with Gasteiger partial charge in [0.1, 0.15) is 0 Å². The lowest BCUT2D eigenvalue weighted by atomic mass is 9.87. The zero-order valence-electron chi connectivity index (χ0n) is 12.2. The molecular formula is C15H18N4O2S. The van der Waals surface area contributed by atoms with Gasteiger partial charge in [0.25, 0.3) is 5.89 Å². The van der Waals surface area contributed by atoms with Gasteiger partial charge in [-0.2, -0.15) is 16.3 Å². The van der Waals surface area contributed by atoms with Crippen LogP contribution in [0.2, 0.25) is 0 Å². The number of carbonyl (C=O) groups excluding carboxylic acids is 1. The van der Waals surface area contributed by atoms with Crippen LogP contribution in [0.15, 0.2) is 21.3 Å². The molecule has 1 saturated heterocycles. The van der Waals surface area contributed by atoms with E-state index in [1.54, 1.807) is 11.3 Å². The molecule has 2 aromatic rings. The standard InChI is InChI=1S/C15H18N4O2S/c20-14-8-19(12-4-2-1-3-11(12)16-14)7-13-17-15(21-18-13)10-5-6-22-9-10/h5-6,9,11-12H,1-4,7-8H2,(H,16,20)/t11-,12-/m1/s1. The van der Waals surface area contributed by atoms with Crippen LogP contribution in [0.5, 0.6) is 0 Å². The average Bonchev–Trinajstić information content (AvgIpc) is 3.17. The zero-order valence-corrected chi connectivity index (χ0v) is 13.0. The van der Waals surface area contributed by atoms with Crippen LogP contribution in [0, 0.1) is 0 Å². The maximum atomic E-state index is 11.9. The molecule has 7 heteroatoms. The summed E-state index contributed by atoms with van der Waals surface area (Å²) in [5.41, 5.74) is 0.954. The molecule has 1 aliphatic heterocycles. The number of carbonyl (C=O) groups is 1. The van der Waals surface area contributed by atoms with E-state index in [0.29, 0.717) is 30.8 Å². The van der Waals surface area contributed by atoms with Crippen molar-refractivity contribution in [2.75, 3.05) is 6.54 Å². The molecule has 2 atom stereocenters. The molecule has 22 heavy (non-hydrogen) atoms. The van der Waals surface area contributed by atoms with Gasteiger partial charge in [0.2, 0.25) is 5.91 Å². The quantitative estimate of drug-likeness (QED) is 0.938. The summed E-state index contributed by atoms with van der Waals surface area (Å²) in [5.74, 6) is 1.31. The number of nitrogens with one attached hydrogen (secondary N) is 1. The molecule has 6 nitrogen and oxygen atoms in total. The maximum Gasteiger partial charge on any atom is 0.258 e. The van der Waals surface area contributed by atoms with Gasteiger partial charge in [-0.25, -0.2) is 0 Å². The van der Waals surface area contributed by atoms with Crippen LogP contribution in [-0.2, 0) is 11.3 Å². The summed E-state index contributed by atoms with van der Waals surface area (Å²) >= 11 is 1.60. The summed E-state index contributed by atoms with van der Waals surface area (Å²) in [6, 6.07) is 2.64. The predicted molar refractivity (Wildman–Crippen MR) is 82.2 cm³/mol. The fourth-order valence-corrected chi connectivity index (χ4v) is 4.08. The van der Waals surface area contributed by atoms with Crippen LogP contribution < -0.4 is 5.32 Å². The number of hydrogen-bond donors (Lipinski definition) is 1. The lowest BCUT2D eigenvalue weighted by Crippen LogP contribution is -2.61. The van der Waals surface area contributed by atoms with Crippen molar-refractivity contribution in [2.24, 2.45) is 0 Å². The number of fused-ring (bicyclic) bond motifs is 1. The highest BCUT2D eigenvalue weighted by Gasteiger charge is 2.36. The number of hydrogen-bond acceptors (Lipinski definition) is 6. The van der Waals surface area contributed by atoms with Crippen LogP contribution in [0.25, 0.3) is 11.5 Å². The lowest BCUT2D eigenvalue weighted by Gasteiger charge is -2.43. The summed E-state index contributed by atoms with van der Waals surface area (Å²) in [6.07, 6.45) is 4.61. The Morgan fingerprint density at radius 1 is 1.41 bits per heavy atom. The van der Waals surface area contributed by atoms with E-state index in [-0.39, 0.29) is 11.9 Å². The summed E-state index contributed by atoms with van der Waals surface area (Å²) in [6.45, 7) is 0.992. The third-order valence-electron chi connectivity index (χ3n) is 4.47. The smallest absolute Gasteiger partial charge is 0.258 e. The number of rotatable bonds is 3. The van der Waals surface area contributed by atoms with Gasteiger partial charge in [0.15, 0.2) is 5.82 Å². The number of thiophene rings is 1. The van der Waals surface area contributed by atoms with Gasteiger partial charge in [0, 0.05) is 17.5 Å². The fraction of sp³-hybridized carbons (Fsp3) is 0.533. The third-order valence-corrected chi connectivity index (χ3v) is 5.16. The van der Waals surface area contributed by atoms with E-state index in [2.05, 4.69) is 20.4 Å². The van der Waals surface area contributed by atoms with Gasteiger partial charge in [-0.15, -0.1) is 0 Å². The SMILES string of the molecule is O=C1CN(Cc2noc(-c3ccsc3)n2)[C@@H]2CCCC[C@H]2N1. The molecule has 0 spiro atoms. The summed E-state index contributed by atoms with van der Waals surface area (Å²) < 4.78 is 5.33. The second-order valence-electron chi connectivity index (χ2n) is 5.96. The molecule has 0 aromatic carbocycles. The van der Waals surface area contributed by atoms with Gasteiger partial charge in [0.05, 0.1) is 18.7 Å². The highest BCUT2D eigenvalue weighted by atomic mass is 32.1. The number of piperazine rings is 1. The van der Waals surface area contributed by atoms with Crippen LogP contribution in [0.3, 0.4) is 0 Å². The molecule has 3 heterocycles. The van der Waals surface area contributed by atoms with E-state index in [9.17, 15) is 4.79 Å². The number of amides is 1. The minimum absolute atomic E-state index is 0.102. The van der Waals surface area contributed by atoms with E-state index in [4.69, 9.17) is 4.52 Å². The molecule has 1 amide bonds. The Balaban J connectivity index is 1.51. The molecule has 2 aliphatic rings. The lowest BCUT2D eigenvalue weighted by molar-refractivity contribution is -0.128. The van der Waals surface area contributed by atoms with E-state index in [1.165, 1.54) is 12.8 Å². The van der Waals surface area contributed by atoms with Gasteiger partial charge in [-0.1, -0.05) is 18.0 Å². The Kier molecular flexibility index (Phi) is 3.67. The summed E-state index contributed by atoms with van der Waals surface area (Å²) in [5, 5.41) is 11.2. The highest BCUT2D eigenvalue weighted by Crippen LogP contribution is 2.27. The number of aromatic nitrogens is 2. The normalized spacial score (nSPS) is 25.7. The largest absolute Gasteiger partial charge is 0.351 e. The maximum absolute atomic E-state index is 11.9. The third kappa shape index (κ3) is 2.66. The second kappa shape index (κ2) is 5.81. The van der Waals surface area contributed by atoms with Gasteiger partial charge >= 0.3 is 0 Å². The highest BCUT2D eigenvalue weighted by molar-refractivity contribution is 7.08. The van der Waals surface area contributed by atoms with Crippen LogP contribution >= 0.6 is 11.3 Å². The van der Waals surface area contributed by atoms with Crippen LogP contribution in [-0.4, -0.2) is 39.6 Å². The first-order chi connectivity index (χ1) is 10.8. The van der Waals surface area contributed by atoms with Crippen LogP contribution in [0.1, 0.15) is 31.5 Å². The molecule has 1 saturated carbocycles. The van der Waals surface area contributed by atoms with Gasteiger partial charge in [-0.3, -0.25) is 9.69 Å². The molecule has 4 rings (SSSR count). The molecule has 1 N–H and O–H groups in total. The molecule has 2 aromatic heterocycles. The summed E-state index contributed by atoms with van der Waals surface area (Å²) in [7, 11) is 0. The molecule has 0 unspecified atom stereocenters. The topological polar surface area (TPSA) is 71.3 Å². The average molecular weight is 318 g/mol. The minimum atomic E-state index is 0.102. The molecule has 2 fully saturated rings. The van der Waals surface area contributed by atoms with Crippen molar-refractivity contribution in [3.63, 3.8) is 0 Å². The molecule has 116 valence electrons. The minimum Gasteiger partial charge on any atom is -0.351 e. The van der Waals surface area contributed by atoms with Crippen molar-refractivity contribution in [1.29, 1.82) is 0 Å². The van der Waals surface area contributed by atoms with E-state index in [0.717, 1.165) is 18.4 Å². The van der Waals surface area contributed by atoms with Gasteiger partial charge < -0.3 is 9.84 Å². The monoisotopic (exact) mass is 318 g/mol. The van der Waals surface area contributed by atoms with Crippen molar-refractivity contribution < 1.29 is 9.32 Å². The van der Waals surface area contributed by atoms with Crippen molar-refractivity contribution in [1.82, 2.24) is 20.4 Å². The number of nitrogens with zero attached hydrogens (tertiary/aromatic N) is 3. The molecule has 0 bridgehead atoms. The predicted octanol–water partition coefficient (Wildman–Crippen LogP) is 2.04. The first-order valence-corrected chi connectivity index (χ1v) is 8.62. The van der Waals surface area contributed by atoms with Crippen molar-refractivity contribution in [2.45, 2.75) is 44.3 Å². The fourth-order valence-electron chi connectivity index (χ4n) is 3.45. The van der Waals surface area contributed by atoms with Crippen molar-refractivity contribution in [3.05, 3.63) is 22.7 Å². The molecule has 0 radical (unpaired) electrons. The van der Waals surface area contributed by atoms with Crippen molar-refractivity contribution in [3.8, 4) is 11.5 Å². The Morgan fingerprint density at radius 3 is 3.18 bits per heavy atom. The Bertz CT molecular complexity index is 654.